The van der Waals surface area contributed by atoms with Crippen LogP contribution in [0, 0.1) is 11.7 Å². The third-order valence-electron chi connectivity index (χ3n) is 5.28. The second kappa shape index (κ2) is 8.08. The molecular formula is C19H27FN2O2. The van der Waals surface area contributed by atoms with E-state index in [1.165, 1.54) is 6.07 Å². The molecule has 0 radical (unpaired) electrons. The minimum atomic E-state index is -0.212. The summed E-state index contributed by atoms with van der Waals surface area (Å²) in [5.74, 6) is 1.65. The van der Waals surface area contributed by atoms with Gasteiger partial charge in [0.1, 0.15) is 17.3 Å². The molecule has 5 heteroatoms. The summed E-state index contributed by atoms with van der Waals surface area (Å²) in [6.07, 6.45) is 3.65. The maximum absolute atomic E-state index is 13.5. The fourth-order valence-corrected chi connectivity index (χ4v) is 3.79. The van der Waals surface area contributed by atoms with Gasteiger partial charge in [-0.1, -0.05) is 0 Å². The zero-order valence-electron chi connectivity index (χ0n) is 14.5. The van der Waals surface area contributed by atoms with Gasteiger partial charge < -0.3 is 9.64 Å². The predicted molar refractivity (Wildman–Crippen MR) is 91.6 cm³/mol. The fraction of sp³-hybridized carbons (Fsp3) is 0.632. The lowest BCUT2D eigenvalue weighted by Gasteiger charge is -2.37. The van der Waals surface area contributed by atoms with Gasteiger partial charge in [-0.05, 0) is 37.0 Å². The molecule has 0 spiro atoms. The van der Waals surface area contributed by atoms with E-state index in [-0.39, 0.29) is 5.82 Å². The summed E-state index contributed by atoms with van der Waals surface area (Å²) >= 11 is 0. The third-order valence-corrected chi connectivity index (χ3v) is 5.28. The minimum Gasteiger partial charge on any atom is -0.496 e. The Morgan fingerprint density at radius 2 is 1.79 bits per heavy atom. The van der Waals surface area contributed by atoms with Gasteiger partial charge in [0.15, 0.2) is 0 Å². The molecular weight excluding hydrogens is 307 g/mol. The number of piperazine rings is 1. The number of hydrogen-bond donors (Lipinski definition) is 0. The largest absolute Gasteiger partial charge is 0.496 e. The van der Waals surface area contributed by atoms with E-state index >= 15 is 0 Å². The highest BCUT2D eigenvalue weighted by molar-refractivity contribution is 5.79. The van der Waals surface area contributed by atoms with Crippen LogP contribution in [0.1, 0.15) is 31.2 Å². The molecule has 132 valence electrons. The molecule has 0 bridgehead atoms. The van der Waals surface area contributed by atoms with Crippen LogP contribution in [0.5, 0.6) is 5.75 Å². The van der Waals surface area contributed by atoms with E-state index in [0.29, 0.717) is 11.7 Å². The number of halogens is 1. The number of carbonyl (C=O) groups is 1. The van der Waals surface area contributed by atoms with Crippen molar-refractivity contribution in [3.8, 4) is 5.75 Å². The molecule has 1 aromatic carbocycles. The van der Waals surface area contributed by atoms with Crippen molar-refractivity contribution in [1.29, 1.82) is 0 Å². The Bertz CT molecular complexity index is 560. The number of hydrogen-bond acceptors (Lipinski definition) is 4. The molecule has 1 aliphatic heterocycles. The Kier molecular flexibility index (Phi) is 5.85. The molecule has 0 N–H and O–H groups in total. The molecule has 1 saturated carbocycles. The predicted octanol–water partition coefficient (Wildman–Crippen LogP) is 2.71. The summed E-state index contributed by atoms with van der Waals surface area (Å²) in [7, 11) is 1.63. The monoisotopic (exact) mass is 334 g/mol. The molecule has 4 nitrogen and oxygen atoms in total. The molecule has 3 rings (SSSR count). The van der Waals surface area contributed by atoms with Crippen molar-refractivity contribution in [3.05, 3.63) is 29.6 Å². The molecule has 0 aromatic heterocycles. The number of ether oxygens (including phenoxy) is 1. The fourth-order valence-electron chi connectivity index (χ4n) is 3.79. The smallest absolute Gasteiger partial charge is 0.132 e. The van der Waals surface area contributed by atoms with Crippen LogP contribution in [0.15, 0.2) is 18.2 Å². The van der Waals surface area contributed by atoms with Crippen molar-refractivity contribution in [2.75, 3.05) is 39.8 Å². The van der Waals surface area contributed by atoms with Crippen LogP contribution in [-0.4, -0.2) is 55.4 Å². The average molecular weight is 334 g/mol. The first-order valence-electron chi connectivity index (χ1n) is 8.93. The van der Waals surface area contributed by atoms with E-state index in [1.807, 2.05) is 0 Å². The van der Waals surface area contributed by atoms with Crippen molar-refractivity contribution in [2.45, 2.75) is 32.2 Å². The molecule has 1 saturated heterocycles. The van der Waals surface area contributed by atoms with Crippen LogP contribution >= 0.6 is 0 Å². The molecule has 2 aliphatic rings. The molecule has 2 fully saturated rings. The molecule has 0 atom stereocenters. The molecule has 1 aliphatic carbocycles. The zero-order valence-corrected chi connectivity index (χ0v) is 14.5. The Hall–Kier alpha value is -1.46. The van der Waals surface area contributed by atoms with Crippen LogP contribution in [-0.2, 0) is 11.3 Å². The Morgan fingerprint density at radius 1 is 1.12 bits per heavy atom. The Morgan fingerprint density at radius 3 is 2.46 bits per heavy atom. The topological polar surface area (TPSA) is 32.8 Å². The van der Waals surface area contributed by atoms with Gasteiger partial charge in [-0.2, -0.15) is 0 Å². The second-order valence-corrected chi connectivity index (χ2v) is 7.01. The lowest BCUT2D eigenvalue weighted by molar-refractivity contribution is -0.121. The normalized spacial score (nSPS) is 21.2. The number of benzene rings is 1. The van der Waals surface area contributed by atoms with E-state index in [1.54, 1.807) is 19.2 Å². The number of nitrogens with zero attached hydrogens (tertiary/aromatic N) is 2. The maximum Gasteiger partial charge on any atom is 0.132 e. The number of ketones is 1. The van der Waals surface area contributed by atoms with Crippen molar-refractivity contribution in [3.63, 3.8) is 0 Å². The van der Waals surface area contributed by atoms with E-state index in [4.69, 9.17) is 4.74 Å². The molecule has 24 heavy (non-hydrogen) atoms. The molecule has 0 unspecified atom stereocenters. The maximum atomic E-state index is 13.5. The summed E-state index contributed by atoms with van der Waals surface area (Å²) in [6.45, 7) is 5.91. The summed E-state index contributed by atoms with van der Waals surface area (Å²) in [6, 6.07) is 4.71. The first kappa shape index (κ1) is 17.4. The van der Waals surface area contributed by atoms with Gasteiger partial charge in [0.2, 0.25) is 0 Å². The summed E-state index contributed by atoms with van der Waals surface area (Å²) in [5.41, 5.74) is 0.914. The Balaban J connectivity index is 1.47. The van der Waals surface area contributed by atoms with Crippen molar-refractivity contribution >= 4 is 5.78 Å². The van der Waals surface area contributed by atoms with Gasteiger partial charge >= 0.3 is 0 Å². The van der Waals surface area contributed by atoms with Crippen LogP contribution < -0.4 is 4.74 Å². The lowest BCUT2D eigenvalue weighted by atomic mass is 9.88. The highest BCUT2D eigenvalue weighted by atomic mass is 19.1. The average Bonchev–Trinajstić information content (AvgIpc) is 2.59. The van der Waals surface area contributed by atoms with Gasteiger partial charge in [0, 0.05) is 57.7 Å². The molecule has 0 amide bonds. The highest BCUT2D eigenvalue weighted by Crippen LogP contribution is 2.24. The Labute approximate surface area is 143 Å². The van der Waals surface area contributed by atoms with E-state index in [0.717, 1.165) is 76.3 Å². The molecule has 1 heterocycles. The standard InChI is InChI=1S/C19H27FN2O2/c1-24-19-7-4-17(20)12-16(19)14-22-10-8-21(9-11-22)13-15-2-5-18(23)6-3-15/h4,7,12,15H,2-3,5-6,8-11,13-14H2,1H3. The van der Waals surface area contributed by atoms with Crippen molar-refractivity contribution < 1.29 is 13.9 Å². The quantitative estimate of drug-likeness (QED) is 0.829. The van der Waals surface area contributed by atoms with Crippen molar-refractivity contribution in [2.24, 2.45) is 5.92 Å². The second-order valence-electron chi connectivity index (χ2n) is 7.01. The van der Waals surface area contributed by atoms with E-state index in [2.05, 4.69) is 9.80 Å². The summed E-state index contributed by atoms with van der Waals surface area (Å²) in [5, 5.41) is 0. The van der Waals surface area contributed by atoms with Crippen LogP contribution in [0.3, 0.4) is 0 Å². The third kappa shape index (κ3) is 4.54. The van der Waals surface area contributed by atoms with Gasteiger partial charge in [0.25, 0.3) is 0 Å². The summed E-state index contributed by atoms with van der Waals surface area (Å²) in [4.78, 5) is 16.2. The van der Waals surface area contributed by atoms with E-state index < -0.39 is 0 Å². The van der Waals surface area contributed by atoms with Gasteiger partial charge in [-0.3, -0.25) is 9.69 Å². The first-order chi connectivity index (χ1) is 11.6. The SMILES string of the molecule is COc1ccc(F)cc1CN1CCN(CC2CCC(=O)CC2)CC1. The van der Waals surface area contributed by atoms with Crippen LogP contribution in [0.2, 0.25) is 0 Å². The minimum absolute atomic E-state index is 0.212. The first-order valence-corrected chi connectivity index (χ1v) is 8.93. The van der Waals surface area contributed by atoms with Crippen molar-refractivity contribution in [1.82, 2.24) is 9.80 Å². The van der Waals surface area contributed by atoms with Crippen LogP contribution in [0.25, 0.3) is 0 Å². The number of rotatable bonds is 5. The van der Waals surface area contributed by atoms with E-state index in [9.17, 15) is 9.18 Å². The number of methoxy groups -OCH3 is 1. The highest BCUT2D eigenvalue weighted by Gasteiger charge is 2.24. The number of Topliss-reactive ketones (excluding diaryl/α,β-unsaturated/α-hetero) is 1. The van der Waals surface area contributed by atoms with Gasteiger partial charge in [-0.25, -0.2) is 4.39 Å². The summed E-state index contributed by atoms with van der Waals surface area (Å²) < 4.78 is 18.8. The van der Waals surface area contributed by atoms with Crippen LogP contribution in [0.4, 0.5) is 4.39 Å². The number of carbonyl (C=O) groups excluding carboxylic acids is 1. The van der Waals surface area contributed by atoms with Gasteiger partial charge in [-0.15, -0.1) is 0 Å². The van der Waals surface area contributed by atoms with Gasteiger partial charge in [0.05, 0.1) is 7.11 Å². The molecule has 1 aromatic rings. The zero-order chi connectivity index (χ0) is 16.9. The lowest BCUT2D eigenvalue weighted by Crippen LogP contribution is -2.47.